The molecular formula is C18H15Cl2N3O3. The molecule has 1 fully saturated rings. The summed E-state index contributed by atoms with van der Waals surface area (Å²) >= 11 is 11.3. The topological polar surface area (TPSA) is 66.7 Å². The van der Waals surface area contributed by atoms with Crippen LogP contribution < -0.4 is 9.80 Å². The van der Waals surface area contributed by atoms with Crippen LogP contribution in [0.15, 0.2) is 72.2 Å². The van der Waals surface area contributed by atoms with E-state index in [1.54, 1.807) is 9.80 Å². The smallest absolute Gasteiger partial charge is 0.320 e. The van der Waals surface area contributed by atoms with Crippen LogP contribution in [0.25, 0.3) is 0 Å². The van der Waals surface area contributed by atoms with Crippen LogP contribution in [0.2, 0.25) is 0 Å². The molecule has 1 saturated heterocycles. The van der Waals surface area contributed by atoms with Crippen molar-refractivity contribution in [2.45, 2.75) is 4.84 Å². The summed E-state index contributed by atoms with van der Waals surface area (Å²) in [5, 5.41) is 11.7. The van der Waals surface area contributed by atoms with Crippen LogP contribution in [0, 0.1) is 10.1 Å². The first-order valence-corrected chi connectivity index (χ1v) is 8.74. The number of allylic oxidation sites excluding steroid dienone is 1. The Morgan fingerprint density at radius 2 is 1.35 bits per heavy atom. The van der Waals surface area contributed by atoms with Gasteiger partial charge in [0.05, 0.1) is 4.92 Å². The molecule has 0 aromatic heterocycles. The number of rotatable bonds is 5. The van der Waals surface area contributed by atoms with E-state index in [0.717, 1.165) is 11.4 Å². The number of carbonyl (C=O) groups excluding carboxylic acids is 1. The molecule has 0 atom stereocenters. The number of Topliss-reactive ketones (excluding diaryl/α,β-unsaturated/α-hetero) is 1. The second-order valence-corrected chi connectivity index (χ2v) is 6.66. The van der Waals surface area contributed by atoms with E-state index in [2.05, 4.69) is 0 Å². The van der Waals surface area contributed by atoms with Gasteiger partial charge in [0, 0.05) is 24.5 Å². The summed E-state index contributed by atoms with van der Waals surface area (Å²) in [6, 6.07) is 18.3. The summed E-state index contributed by atoms with van der Waals surface area (Å²) < 4.78 is 0. The van der Waals surface area contributed by atoms with Gasteiger partial charge in [0.2, 0.25) is 0 Å². The first kappa shape index (κ1) is 18.2. The summed E-state index contributed by atoms with van der Waals surface area (Å²) in [4.78, 5) is 25.4. The van der Waals surface area contributed by atoms with Gasteiger partial charge in [0.25, 0.3) is 5.78 Å². The molecule has 0 radical (unpaired) electrons. The van der Waals surface area contributed by atoms with E-state index in [0.29, 0.717) is 13.1 Å². The number of para-hydroxylation sites is 2. The maximum Gasteiger partial charge on any atom is 0.355 e. The van der Waals surface area contributed by atoms with Gasteiger partial charge in [0.15, 0.2) is 10.7 Å². The molecule has 3 rings (SSSR count). The normalized spacial score (nSPS) is 14.0. The second-order valence-electron chi connectivity index (χ2n) is 5.57. The van der Waals surface area contributed by atoms with E-state index in [1.807, 2.05) is 60.7 Å². The van der Waals surface area contributed by atoms with Crippen LogP contribution in [0.3, 0.4) is 0 Å². The van der Waals surface area contributed by atoms with E-state index in [9.17, 15) is 14.9 Å². The minimum Gasteiger partial charge on any atom is -0.320 e. The minimum absolute atomic E-state index is 0.170. The maximum atomic E-state index is 12.4. The van der Waals surface area contributed by atoms with Crippen molar-refractivity contribution in [2.75, 3.05) is 22.9 Å². The van der Waals surface area contributed by atoms with E-state index >= 15 is 0 Å². The zero-order valence-corrected chi connectivity index (χ0v) is 15.1. The van der Waals surface area contributed by atoms with Gasteiger partial charge in [-0.05, 0) is 24.3 Å². The fourth-order valence-corrected chi connectivity index (χ4v) is 3.12. The molecule has 0 N–H and O–H groups in total. The first-order valence-electron chi connectivity index (χ1n) is 7.87. The van der Waals surface area contributed by atoms with Crippen LogP contribution >= 0.6 is 23.2 Å². The van der Waals surface area contributed by atoms with Gasteiger partial charge in [-0.1, -0.05) is 59.6 Å². The molecule has 6 nitrogen and oxygen atoms in total. The molecular weight excluding hydrogens is 377 g/mol. The molecule has 8 heteroatoms. The number of nitrogens with zero attached hydrogens (tertiary/aromatic N) is 3. The molecule has 134 valence electrons. The summed E-state index contributed by atoms with van der Waals surface area (Å²) in [6.45, 7) is 0.961. The lowest BCUT2D eigenvalue weighted by Gasteiger charge is -2.24. The molecule has 1 aliphatic heterocycles. The lowest BCUT2D eigenvalue weighted by Crippen LogP contribution is -2.31. The average molecular weight is 392 g/mol. The largest absolute Gasteiger partial charge is 0.355 e. The van der Waals surface area contributed by atoms with Gasteiger partial charge in [0.1, 0.15) is 0 Å². The van der Waals surface area contributed by atoms with Gasteiger partial charge in [-0.3, -0.25) is 14.9 Å². The van der Waals surface area contributed by atoms with Gasteiger partial charge in [-0.15, -0.1) is 0 Å². The van der Waals surface area contributed by atoms with Gasteiger partial charge >= 0.3 is 5.70 Å². The standard InChI is InChI=1S/C18H15Cl2N3O3/c19-17(20)16(24)15(23(25)26)18-21(13-7-3-1-4-8-13)11-12-22(18)14-9-5-2-6-10-14/h1-10,17H,11-12H2. The summed E-state index contributed by atoms with van der Waals surface area (Å²) in [6.07, 6.45) is 0. The Hall–Kier alpha value is -2.57. The predicted molar refractivity (Wildman–Crippen MR) is 102 cm³/mol. The lowest BCUT2D eigenvalue weighted by atomic mass is 10.2. The van der Waals surface area contributed by atoms with Crippen molar-refractivity contribution in [2.24, 2.45) is 0 Å². The molecule has 0 amide bonds. The Morgan fingerprint density at radius 1 is 0.923 bits per heavy atom. The Balaban J connectivity index is 2.20. The zero-order valence-electron chi connectivity index (χ0n) is 13.6. The Morgan fingerprint density at radius 3 is 1.69 bits per heavy atom. The van der Waals surface area contributed by atoms with Crippen molar-refractivity contribution >= 4 is 40.4 Å². The van der Waals surface area contributed by atoms with Crippen LogP contribution in [0.4, 0.5) is 11.4 Å². The molecule has 0 saturated carbocycles. The Bertz CT molecular complexity index is 792. The number of carbonyl (C=O) groups is 1. The quantitative estimate of drug-likeness (QED) is 0.335. The van der Waals surface area contributed by atoms with Gasteiger partial charge in [-0.2, -0.15) is 0 Å². The second kappa shape index (κ2) is 7.76. The highest BCUT2D eigenvalue weighted by Gasteiger charge is 2.41. The van der Waals surface area contributed by atoms with Crippen LogP contribution in [0.5, 0.6) is 0 Å². The number of alkyl halides is 2. The monoisotopic (exact) mass is 391 g/mol. The van der Waals surface area contributed by atoms with Crippen molar-refractivity contribution in [3.63, 3.8) is 0 Å². The highest BCUT2D eigenvalue weighted by atomic mass is 35.5. The summed E-state index contributed by atoms with van der Waals surface area (Å²) in [5.41, 5.74) is 0.868. The third kappa shape index (κ3) is 3.52. The molecule has 0 aliphatic carbocycles. The number of anilines is 2. The van der Waals surface area contributed by atoms with E-state index in [1.165, 1.54) is 0 Å². The molecule has 0 spiro atoms. The Kier molecular flexibility index (Phi) is 5.44. The predicted octanol–water partition coefficient (Wildman–Crippen LogP) is 3.83. The fourth-order valence-electron chi connectivity index (χ4n) is 2.92. The van der Waals surface area contributed by atoms with Gasteiger partial charge in [-0.25, -0.2) is 0 Å². The van der Waals surface area contributed by atoms with E-state index < -0.39 is 21.2 Å². The number of nitro groups is 1. The molecule has 1 heterocycles. The molecule has 0 bridgehead atoms. The maximum absolute atomic E-state index is 12.4. The number of hydrogen-bond donors (Lipinski definition) is 0. The van der Waals surface area contributed by atoms with Gasteiger partial charge < -0.3 is 9.80 Å². The van der Waals surface area contributed by atoms with Crippen molar-refractivity contribution in [3.05, 3.63) is 82.3 Å². The molecule has 1 aliphatic rings. The van der Waals surface area contributed by atoms with Crippen molar-refractivity contribution in [1.29, 1.82) is 0 Å². The summed E-state index contributed by atoms with van der Waals surface area (Å²) in [7, 11) is 0. The van der Waals surface area contributed by atoms with Crippen molar-refractivity contribution in [3.8, 4) is 0 Å². The van der Waals surface area contributed by atoms with Crippen LogP contribution in [-0.2, 0) is 4.79 Å². The fraction of sp³-hybridized carbons (Fsp3) is 0.167. The summed E-state index contributed by atoms with van der Waals surface area (Å²) in [5.74, 6) is -0.763. The molecule has 0 unspecified atom stereocenters. The third-order valence-electron chi connectivity index (χ3n) is 4.02. The molecule has 2 aromatic rings. The lowest BCUT2D eigenvalue weighted by molar-refractivity contribution is -0.420. The average Bonchev–Trinajstić information content (AvgIpc) is 3.07. The van der Waals surface area contributed by atoms with Crippen molar-refractivity contribution < 1.29 is 9.72 Å². The van der Waals surface area contributed by atoms with Crippen LogP contribution in [0.1, 0.15) is 0 Å². The molecule has 2 aromatic carbocycles. The minimum atomic E-state index is -1.52. The highest BCUT2D eigenvalue weighted by molar-refractivity contribution is 6.55. The number of hydrogen-bond acceptors (Lipinski definition) is 5. The van der Waals surface area contributed by atoms with E-state index in [4.69, 9.17) is 23.2 Å². The third-order valence-corrected chi connectivity index (χ3v) is 4.42. The first-order chi connectivity index (χ1) is 12.5. The Labute approximate surface area is 160 Å². The van der Waals surface area contributed by atoms with Crippen molar-refractivity contribution in [1.82, 2.24) is 0 Å². The number of halogens is 2. The van der Waals surface area contributed by atoms with E-state index in [-0.39, 0.29) is 5.82 Å². The van der Waals surface area contributed by atoms with Crippen LogP contribution in [-0.4, -0.2) is 28.6 Å². The SMILES string of the molecule is O=C(C(=C1N(c2ccccc2)CCN1c1ccccc1)[N+](=O)[O-])C(Cl)Cl. The number of benzene rings is 2. The number of ketones is 1. The molecule has 26 heavy (non-hydrogen) atoms. The zero-order chi connectivity index (χ0) is 18.7. The highest BCUT2D eigenvalue weighted by Crippen LogP contribution is 2.33.